The van der Waals surface area contributed by atoms with Crippen LogP contribution in [0.25, 0.3) is 22.4 Å². The molecule has 0 aliphatic rings. The Morgan fingerprint density at radius 1 is 1.12 bits per heavy atom. The summed E-state index contributed by atoms with van der Waals surface area (Å²) in [4.78, 5) is 17.7. The summed E-state index contributed by atoms with van der Waals surface area (Å²) in [7, 11) is 0. The lowest BCUT2D eigenvalue weighted by Crippen LogP contribution is -2.23. The number of rotatable bonds is 5. The lowest BCUT2D eigenvalue weighted by molar-refractivity contribution is 0.317. The molecule has 0 saturated heterocycles. The molecule has 4 aromatic rings. The van der Waals surface area contributed by atoms with E-state index >= 15 is 0 Å². The molecule has 0 spiro atoms. The Bertz CT molecular complexity index is 1130. The predicted octanol–water partition coefficient (Wildman–Crippen LogP) is 3.15. The molecule has 2 aromatic carbocycles. The number of aromatic nitrogens is 3. The molecule has 26 heavy (non-hydrogen) atoms. The first kappa shape index (κ1) is 16.5. The summed E-state index contributed by atoms with van der Waals surface area (Å²) in [6.45, 7) is 2.77. The van der Waals surface area contributed by atoms with Crippen LogP contribution in [0.5, 0.6) is 5.75 Å². The molecule has 0 N–H and O–H groups in total. The topological polar surface area (TPSA) is 56.5 Å². The lowest BCUT2D eigenvalue weighted by Gasteiger charge is -2.03. The minimum atomic E-state index is -0.147. The summed E-state index contributed by atoms with van der Waals surface area (Å²) in [6.07, 6.45) is 2.83. The fourth-order valence-electron chi connectivity index (χ4n) is 2.57. The zero-order valence-electron chi connectivity index (χ0n) is 14.3. The van der Waals surface area contributed by atoms with Crippen LogP contribution in [-0.2, 0) is 0 Å². The van der Waals surface area contributed by atoms with Gasteiger partial charge in [0.15, 0.2) is 5.82 Å². The van der Waals surface area contributed by atoms with Gasteiger partial charge in [-0.05, 0) is 30.2 Å². The number of nitrogens with zero attached hydrogens (tertiary/aromatic N) is 3. The third-order valence-electron chi connectivity index (χ3n) is 3.86. The standard InChI is InChI=1S/C20H17N3O2S/c1-2-12-25-16-10-8-14(9-11-16)13-17-19(24)23-20(26-17)21-18(22-23)15-6-4-3-5-7-15/h3-11,13H,2,12H2,1H3. The fourth-order valence-corrected chi connectivity index (χ4v) is 3.48. The van der Waals surface area contributed by atoms with E-state index in [4.69, 9.17) is 4.74 Å². The van der Waals surface area contributed by atoms with E-state index in [0.717, 1.165) is 23.3 Å². The zero-order chi connectivity index (χ0) is 17.9. The summed E-state index contributed by atoms with van der Waals surface area (Å²) in [6, 6.07) is 17.4. The highest BCUT2D eigenvalue weighted by atomic mass is 32.1. The molecule has 0 bridgehead atoms. The minimum Gasteiger partial charge on any atom is -0.494 e. The Hall–Kier alpha value is -2.99. The van der Waals surface area contributed by atoms with Crippen molar-refractivity contribution < 1.29 is 4.74 Å². The number of benzene rings is 2. The summed E-state index contributed by atoms with van der Waals surface area (Å²) < 4.78 is 7.56. The normalized spacial score (nSPS) is 12.0. The molecular weight excluding hydrogens is 346 g/mol. The van der Waals surface area contributed by atoms with Crippen molar-refractivity contribution in [3.63, 3.8) is 0 Å². The molecule has 0 saturated carbocycles. The van der Waals surface area contributed by atoms with Crippen molar-refractivity contribution in [3.8, 4) is 17.1 Å². The maximum absolute atomic E-state index is 12.6. The molecule has 0 fully saturated rings. The minimum absolute atomic E-state index is 0.147. The van der Waals surface area contributed by atoms with Crippen molar-refractivity contribution in [2.75, 3.05) is 6.61 Å². The van der Waals surface area contributed by atoms with Crippen LogP contribution < -0.4 is 14.8 Å². The molecule has 4 rings (SSSR count). The number of hydrogen-bond donors (Lipinski definition) is 0. The van der Waals surface area contributed by atoms with E-state index in [1.807, 2.05) is 60.7 Å². The number of fused-ring (bicyclic) bond motifs is 1. The van der Waals surface area contributed by atoms with Gasteiger partial charge in [0.1, 0.15) is 5.75 Å². The Balaban J connectivity index is 1.67. The van der Waals surface area contributed by atoms with Crippen LogP contribution in [0.15, 0.2) is 59.4 Å². The van der Waals surface area contributed by atoms with E-state index in [0.29, 0.717) is 21.9 Å². The van der Waals surface area contributed by atoms with Gasteiger partial charge >= 0.3 is 0 Å². The van der Waals surface area contributed by atoms with Crippen LogP contribution in [0, 0.1) is 0 Å². The predicted molar refractivity (Wildman–Crippen MR) is 104 cm³/mol. The highest BCUT2D eigenvalue weighted by Gasteiger charge is 2.11. The molecule has 0 aliphatic carbocycles. The Labute approximate surface area is 154 Å². The molecule has 6 heteroatoms. The smallest absolute Gasteiger partial charge is 0.291 e. The SMILES string of the molecule is CCCOc1ccc(C=c2sc3nc(-c4ccccc4)nn3c2=O)cc1. The van der Waals surface area contributed by atoms with Crippen molar-refractivity contribution in [2.24, 2.45) is 0 Å². The Morgan fingerprint density at radius 2 is 1.88 bits per heavy atom. The van der Waals surface area contributed by atoms with Gasteiger partial charge in [0.25, 0.3) is 5.56 Å². The van der Waals surface area contributed by atoms with Crippen molar-refractivity contribution in [2.45, 2.75) is 13.3 Å². The van der Waals surface area contributed by atoms with Crippen LogP contribution in [0.4, 0.5) is 0 Å². The average Bonchev–Trinajstić information content (AvgIpc) is 3.22. The van der Waals surface area contributed by atoms with E-state index in [1.165, 1.54) is 15.9 Å². The first-order chi connectivity index (χ1) is 12.7. The fraction of sp³-hybridized carbons (Fsp3) is 0.150. The van der Waals surface area contributed by atoms with E-state index < -0.39 is 0 Å². The van der Waals surface area contributed by atoms with E-state index in [1.54, 1.807) is 0 Å². The molecule has 0 aliphatic heterocycles. The molecule has 0 unspecified atom stereocenters. The molecule has 0 radical (unpaired) electrons. The van der Waals surface area contributed by atoms with Crippen LogP contribution in [-0.4, -0.2) is 21.2 Å². The van der Waals surface area contributed by atoms with Gasteiger partial charge in [0.05, 0.1) is 11.1 Å². The van der Waals surface area contributed by atoms with Crippen LogP contribution in [0.2, 0.25) is 0 Å². The van der Waals surface area contributed by atoms with Crippen molar-refractivity contribution in [1.29, 1.82) is 0 Å². The number of hydrogen-bond acceptors (Lipinski definition) is 5. The summed E-state index contributed by atoms with van der Waals surface area (Å²) >= 11 is 1.34. The largest absolute Gasteiger partial charge is 0.494 e. The van der Waals surface area contributed by atoms with Crippen LogP contribution in [0.3, 0.4) is 0 Å². The maximum Gasteiger partial charge on any atom is 0.291 e. The first-order valence-electron chi connectivity index (χ1n) is 8.44. The highest BCUT2D eigenvalue weighted by molar-refractivity contribution is 7.15. The van der Waals surface area contributed by atoms with Crippen molar-refractivity contribution in [1.82, 2.24) is 14.6 Å². The van der Waals surface area contributed by atoms with Gasteiger partial charge in [-0.1, -0.05) is 60.7 Å². The molecular formula is C20H17N3O2S. The van der Waals surface area contributed by atoms with Gasteiger partial charge in [-0.25, -0.2) is 0 Å². The number of thiazole rings is 1. The second-order valence-electron chi connectivity index (χ2n) is 5.83. The molecule has 5 nitrogen and oxygen atoms in total. The lowest BCUT2D eigenvalue weighted by atomic mass is 10.2. The van der Waals surface area contributed by atoms with E-state index in [9.17, 15) is 4.79 Å². The van der Waals surface area contributed by atoms with Crippen molar-refractivity contribution in [3.05, 3.63) is 75.0 Å². The summed E-state index contributed by atoms with van der Waals surface area (Å²) in [5, 5.41) is 4.36. The quantitative estimate of drug-likeness (QED) is 0.547. The van der Waals surface area contributed by atoms with Gasteiger partial charge in [0, 0.05) is 5.56 Å². The molecule has 2 aromatic heterocycles. The van der Waals surface area contributed by atoms with Gasteiger partial charge in [0.2, 0.25) is 4.96 Å². The summed E-state index contributed by atoms with van der Waals surface area (Å²) in [5.74, 6) is 1.40. The second kappa shape index (κ2) is 7.09. The van der Waals surface area contributed by atoms with Gasteiger partial charge in [-0.15, -0.1) is 5.10 Å². The molecule has 0 atom stereocenters. The summed E-state index contributed by atoms with van der Waals surface area (Å²) in [5.41, 5.74) is 1.70. The first-order valence-corrected chi connectivity index (χ1v) is 9.26. The van der Waals surface area contributed by atoms with Crippen LogP contribution >= 0.6 is 11.3 Å². The van der Waals surface area contributed by atoms with Gasteiger partial charge in [-0.3, -0.25) is 4.79 Å². The van der Waals surface area contributed by atoms with Gasteiger partial charge < -0.3 is 4.74 Å². The van der Waals surface area contributed by atoms with E-state index in [-0.39, 0.29) is 5.56 Å². The Kier molecular flexibility index (Phi) is 4.50. The average molecular weight is 363 g/mol. The van der Waals surface area contributed by atoms with E-state index in [2.05, 4.69) is 17.0 Å². The Morgan fingerprint density at radius 3 is 2.58 bits per heavy atom. The third kappa shape index (κ3) is 3.23. The maximum atomic E-state index is 12.6. The van der Waals surface area contributed by atoms with Crippen molar-refractivity contribution >= 4 is 22.4 Å². The molecule has 2 heterocycles. The number of ether oxygens (including phenoxy) is 1. The molecule has 0 amide bonds. The zero-order valence-corrected chi connectivity index (χ0v) is 15.1. The molecule has 130 valence electrons. The monoisotopic (exact) mass is 363 g/mol. The highest BCUT2D eigenvalue weighted by Crippen LogP contribution is 2.16. The van der Waals surface area contributed by atoms with Crippen LogP contribution in [0.1, 0.15) is 18.9 Å². The van der Waals surface area contributed by atoms with Gasteiger partial charge in [-0.2, -0.15) is 9.50 Å². The third-order valence-corrected chi connectivity index (χ3v) is 4.82. The second-order valence-corrected chi connectivity index (χ2v) is 6.84.